The lowest BCUT2D eigenvalue weighted by atomic mass is 9.97. The van der Waals surface area contributed by atoms with Crippen molar-refractivity contribution in [3.8, 4) is 28.4 Å². The molecule has 0 aliphatic carbocycles. The fourth-order valence-electron chi connectivity index (χ4n) is 4.64. The zero-order valence-corrected chi connectivity index (χ0v) is 22.4. The fourth-order valence-corrected chi connectivity index (χ4v) is 4.94. The minimum absolute atomic E-state index is 0.105. The third kappa shape index (κ3) is 5.34. The molecule has 0 saturated carbocycles. The van der Waals surface area contributed by atoms with Gasteiger partial charge in [-0.05, 0) is 41.5 Å². The first-order valence-electron chi connectivity index (χ1n) is 12.4. The maximum absolute atomic E-state index is 13.7. The van der Waals surface area contributed by atoms with Crippen LogP contribution in [0, 0.1) is 0 Å². The van der Waals surface area contributed by atoms with Gasteiger partial charge in [0.15, 0.2) is 22.4 Å². The van der Waals surface area contributed by atoms with Gasteiger partial charge in [-0.25, -0.2) is 9.67 Å². The number of hydrogen-bond donors (Lipinski definition) is 0. The molecule has 0 radical (unpaired) electrons. The number of fused-ring (bicyclic) bond motifs is 1. The van der Waals surface area contributed by atoms with Crippen molar-refractivity contribution in [1.82, 2.24) is 24.5 Å². The van der Waals surface area contributed by atoms with Crippen LogP contribution in [-0.2, 0) is 17.6 Å². The van der Waals surface area contributed by atoms with Crippen molar-refractivity contribution in [2.45, 2.75) is 18.9 Å². The summed E-state index contributed by atoms with van der Waals surface area (Å²) < 4.78 is 13.7. The third-order valence-electron chi connectivity index (χ3n) is 6.58. The zero-order valence-electron chi connectivity index (χ0n) is 20.9. The van der Waals surface area contributed by atoms with Gasteiger partial charge in [-0.15, -0.1) is 5.10 Å². The largest absolute Gasteiger partial charge is 0.454 e. The van der Waals surface area contributed by atoms with Gasteiger partial charge >= 0.3 is 0 Å². The molecule has 5 aromatic rings. The molecule has 0 unspecified atom stereocenters. The van der Waals surface area contributed by atoms with Crippen LogP contribution in [0.3, 0.4) is 0 Å². The van der Waals surface area contributed by atoms with Gasteiger partial charge in [0.05, 0.1) is 23.9 Å². The van der Waals surface area contributed by atoms with E-state index in [1.54, 1.807) is 36.5 Å². The molecule has 2 aromatic heterocycles. The van der Waals surface area contributed by atoms with Crippen LogP contribution in [0.15, 0.2) is 90.1 Å². The second kappa shape index (κ2) is 11.0. The number of Topliss-reactive ketones (excluding diaryl/α,β-unsaturated/α-hetero) is 1. The van der Waals surface area contributed by atoms with Gasteiger partial charge < -0.3 is 9.47 Å². The van der Waals surface area contributed by atoms with Gasteiger partial charge in [0, 0.05) is 29.5 Å². The number of ether oxygens (including phenoxy) is 2. The van der Waals surface area contributed by atoms with E-state index in [9.17, 15) is 9.59 Å². The first-order valence-corrected chi connectivity index (χ1v) is 13.1. The number of aromatic nitrogens is 5. The third-order valence-corrected chi connectivity index (χ3v) is 6.99. The highest BCUT2D eigenvalue weighted by Crippen LogP contribution is 2.33. The molecule has 11 heteroatoms. The average Bonchev–Trinajstić information content (AvgIpc) is 3.61. The summed E-state index contributed by atoms with van der Waals surface area (Å²) in [6, 6.07) is 20.7. The van der Waals surface area contributed by atoms with E-state index in [2.05, 4.69) is 15.3 Å². The minimum Gasteiger partial charge on any atom is -0.454 e. The Morgan fingerprint density at radius 1 is 0.950 bits per heavy atom. The van der Waals surface area contributed by atoms with Crippen molar-refractivity contribution in [1.29, 1.82) is 0 Å². The van der Waals surface area contributed by atoms with E-state index in [1.807, 2.05) is 36.4 Å². The maximum Gasteiger partial charge on any atom is 0.254 e. The predicted molar refractivity (Wildman–Crippen MR) is 149 cm³/mol. The lowest BCUT2D eigenvalue weighted by molar-refractivity contribution is -0.121. The van der Waals surface area contributed by atoms with Crippen molar-refractivity contribution in [2.24, 2.45) is 0 Å². The number of rotatable bonds is 8. The molecule has 1 atom stereocenters. The van der Waals surface area contributed by atoms with Gasteiger partial charge in [-0.3, -0.25) is 14.2 Å². The van der Waals surface area contributed by atoms with Gasteiger partial charge in [0.2, 0.25) is 6.79 Å². The average molecular weight is 574 g/mol. The molecular formula is C29H21Cl2N5O4. The number of carbonyl (C=O) groups is 1. The van der Waals surface area contributed by atoms with E-state index in [-0.39, 0.29) is 29.7 Å². The van der Waals surface area contributed by atoms with E-state index in [4.69, 9.17) is 32.7 Å². The topological polar surface area (TPSA) is 101 Å². The second-order valence-electron chi connectivity index (χ2n) is 9.20. The molecule has 1 aliphatic heterocycles. The summed E-state index contributed by atoms with van der Waals surface area (Å²) in [7, 11) is 0. The van der Waals surface area contributed by atoms with Crippen LogP contribution in [0.4, 0.5) is 0 Å². The Balaban J connectivity index is 1.36. The molecule has 1 aliphatic rings. The summed E-state index contributed by atoms with van der Waals surface area (Å²) in [5, 5.41) is 8.52. The Bertz CT molecular complexity index is 1770. The second-order valence-corrected chi connectivity index (χ2v) is 10.0. The predicted octanol–water partition coefficient (Wildman–Crippen LogP) is 5.12. The van der Waals surface area contributed by atoms with E-state index >= 15 is 0 Å². The molecule has 6 rings (SSSR count). The molecule has 200 valence electrons. The smallest absolute Gasteiger partial charge is 0.254 e. The van der Waals surface area contributed by atoms with Crippen LogP contribution < -0.4 is 15.0 Å². The van der Waals surface area contributed by atoms with Crippen molar-refractivity contribution < 1.29 is 14.3 Å². The maximum atomic E-state index is 13.7. The number of nitrogens with zero attached hydrogens (tertiary/aromatic N) is 5. The molecule has 0 spiro atoms. The number of hydrogen-bond acceptors (Lipinski definition) is 7. The highest BCUT2D eigenvalue weighted by molar-refractivity contribution is 6.31. The quantitative estimate of drug-likeness (QED) is 0.254. The standard InChI is InChI=1S/C29H21Cl2N5O4/c30-20-7-8-23(36-15-28(31)33-34-36)21(13-20)22-14-29(38)35(16-32-22)24(10-18-4-2-1-3-5-18)25(37)11-19-6-9-26-27(12-19)40-17-39-26/h1-9,12-16,24H,10-11,17H2/t24-/m0/s1. The van der Waals surface area contributed by atoms with Gasteiger partial charge in [0.1, 0.15) is 6.04 Å². The molecule has 3 heterocycles. The van der Waals surface area contributed by atoms with E-state index in [0.717, 1.165) is 11.1 Å². The highest BCUT2D eigenvalue weighted by atomic mass is 35.5. The van der Waals surface area contributed by atoms with E-state index in [1.165, 1.54) is 21.6 Å². The van der Waals surface area contributed by atoms with Crippen LogP contribution in [0.2, 0.25) is 10.2 Å². The Labute approximate surface area is 238 Å². The van der Waals surface area contributed by atoms with Crippen LogP contribution in [-0.4, -0.2) is 37.1 Å². The van der Waals surface area contributed by atoms with Crippen LogP contribution >= 0.6 is 23.2 Å². The number of benzene rings is 3. The fraction of sp³-hybridized carbons (Fsp3) is 0.138. The van der Waals surface area contributed by atoms with Crippen LogP contribution in [0.25, 0.3) is 16.9 Å². The number of carbonyl (C=O) groups excluding carboxylic acids is 1. The molecule has 3 aromatic carbocycles. The minimum atomic E-state index is -0.783. The monoisotopic (exact) mass is 573 g/mol. The van der Waals surface area contributed by atoms with Crippen molar-refractivity contribution in [2.75, 3.05) is 6.79 Å². The highest BCUT2D eigenvalue weighted by Gasteiger charge is 2.24. The summed E-state index contributed by atoms with van der Waals surface area (Å²) in [4.78, 5) is 31.8. The summed E-state index contributed by atoms with van der Waals surface area (Å²) in [5.74, 6) is 1.10. The van der Waals surface area contributed by atoms with Crippen LogP contribution in [0.1, 0.15) is 17.2 Å². The van der Waals surface area contributed by atoms with Crippen LogP contribution in [0.5, 0.6) is 11.5 Å². The van der Waals surface area contributed by atoms with E-state index in [0.29, 0.717) is 39.9 Å². The molecule has 9 nitrogen and oxygen atoms in total. The first kappa shape index (κ1) is 25.8. The van der Waals surface area contributed by atoms with E-state index < -0.39 is 6.04 Å². The normalized spacial score (nSPS) is 12.8. The number of halogens is 2. The lowest BCUT2D eigenvalue weighted by Crippen LogP contribution is -2.32. The number of ketones is 1. The Morgan fingerprint density at radius 2 is 1.77 bits per heavy atom. The van der Waals surface area contributed by atoms with Crippen molar-refractivity contribution in [3.05, 3.63) is 117 Å². The molecule has 0 N–H and O–H groups in total. The zero-order chi connectivity index (χ0) is 27.6. The summed E-state index contributed by atoms with van der Waals surface area (Å²) in [5.41, 5.74) is 2.82. The Morgan fingerprint density at radius 3 is 2.55 bits per heavy atom. The molecule has 0 saturated heterocycles. The molecule has 0 fully saturated rings. The molecule has 0 bridgehead atoms. The molecule has 0 amide bonds. The molecular weight excluding hydrogens is 553 g/mol. The SMILES string of the molecule is O=C(Cc1ccc2c(c1)OCO2)[C@H](Cc1ccccc1)n1cnc(-c2cc(Cl)ccc2-n2cc(Cl)nn2)cc1=O. The lowest BCUT2D eigenvalue weighted by Gasteiger charge is -2.19. The van der Waals surface area contributed by atoms with Crippen molar-refractivity contribution >= 4 is 29.0 Å². The van der Waals surface area contributed by atoms with Gasteiger partial charge in [0.25, 0.3) is 5.56 Å². The summed E-state index contributed by atoms with van der Waals surface area (Å²) in [6.07, 6.45) is 3.38. The van der Waals surface area contributed by atoms with Gasteiger partial charge in [-0.1, -0.05) is 64.8 Å². The van der Waals surface area contributed by atoms with Gasteiger partial charge in [-0.2, -0.15) is 0 Å². The first-order chi connectivity index (χ1) is 19.4. The summed E-state index contributed by atoms with van der Waals surface area (Å²) in [6.45, 7) is 0.148. The van der Waals surface area contributed by atoms with Crippen molar-refractivity contribution in [3.63, 3.8) is 0 Å². The Kier molecular flexibility index (Phi) is 7.06. The summed E-state index contributed by atoms with van der Waals surface area (Å²) >= 11 is 12.2. The Hall–Kier alpha value is -4.47. The molecule has 40 heavy (non-hydrogen) atoms.